The maximum Gasteiger partial charge on any atom is 0.253 e. The summed E-state index contributed by atoms with van der Waals surface area (Å²) in [5, 5.41) is 1.65. The van der Waals surface area contributed by atoms with Gasteiger partial charge in [0, 0.05) is 13.1 Å². The van der Waals surface area contributed by atoms with Crippen LogP contribution in [0.2, 0.25) is 0 Å². The van der Waals surface area contributed by atoms with Gasteiger partial charge >= 0.3 is 0 Å². The highest BCUT2D eigenvalue weighted by Crippen LogP contribution is 2.02. The van der Waals surface area contributed by atoms with Crippen molar-refractivity contribution in [1.82, 2.24) is 10.4 Å². The summed E-state index contributed by atoms with van der Waals surface area (Å²) >= 11 is 0. The summed E-state index contributed by atoms with van der Waals surface area (Å²) < 4.78 is 0. The molecule has 1 atom stereocenters. The molecule has 0 spiro atoms. The molecular formula is C8H17N3O. The number of amides is 1. The van der Waals surface area contributed by atoms with E-state index in [9.17, 15) is 4.79 Å². The Balaban J connectivity index is 2.43. The van der Waals surface area contributed by atoms with Crippen LogP contribution >= 0.6 is 0 Å². The summed E-state index contributed by atoms with van der Waals surface area (Å²) in [4.78, 5) is 11.4. The lowest BCUT2D eigenvalue weighted by Gasteiger charge is -2.22. The van der Waals surface area contributed by atoms with E-state index in [1.54, 1.807) is 11.9 Å². The average Bonchev–Trinajstić information content (AvgIpc) is 2.30. The Morgan fingerprint density at radius 1 is 1.50 bits per heavy atom. The number of hydrogen-bond acceptors (Lipinski definition) is 3. The van der Waals surface area contributed by atoms with Gasteiger partial charge in [0.2, 0.25) is 0 Å². The molecule has 1 unspecified atom stereocenters. The van der Waals surface area contributed by atoms with E-state index in [2.05, 4.69) is 5.43 Å². The van der Waals surface area contributed by atoms with E-state index >= 15 is 0 Å². The summed E-state index contributed by atoms with van der Waals surface area (Å²) in [5.41, 5.74) is 8.55. The molecule has 1 heterocycles. The zero-order valence-electron chi connectivity index (χ0n) is 7.55. The van der Waals surface area contributed by atoms with Crippen molar-refractivity contribution in [3.63, 3.8) is 0 Å². The number of nitrogens with two attached hydrogens (primary N) is 1. The van der Waals surface area contributed by atoms with Gasteiger partial charge in [-0.15, -0.1) is 0 Å². The number of carbonyl (C=O) groups excluding carboxylic acids is 1. The molecular weight excluding hydrogens is 154 g/mol. The molecule has 0 aliphatic carbocycles. The van der Waals surface area contributed by atoms with Crippen LogP contribution in [0.5, 0.6) is 0 Å². The Labute approximate surface area is 73.1 Å². The second-order valence-electron chi connectivity index (χ2n) is 3.25. The van der Waals surface area contributed by atoms with Crippen LogP contribution in [-0.4, -0.2) is 30.0 Å². The number of hydrogen-bond donors (Lipinski definition) is 2. The first kappa shape index (κ1) is 9.48. The topological polar surface area (TPSA) is 58.4 Å². The van der Waals surface area contributed by atoms with Crippen LogP contribution in [0.25, 0.3) is 0 Å². The van der Waals surface area contributed by atoms with Crippen LogP contribution in [-0.2, 0) is 4.79 Å². The molecule has 1 fully saturated rings. The largest absolute Gasteiger partial charge is 0.320 e. The molecule has 4 nitrogen and oxygen atoms in total. The lowest BCUT2D eigenvalue weighted by atomic mass is 10.2. The van der Waals surface area contributed by atoms with Gasteiger partial charge in [-0.2, -0.15) is 0 Å². The molecule has 4 heteroatoms. The second-order valence-corrected chi connectivity index (χ2v) is 3.25. The molecule has 0 radical (unpaired) electrons. The Kier molecular flexibility index (Phi) is 3.49. The van der Waals surface area contributed by atoms with Crippen molar-refractivity contribution >= 4 is 5.91 Å². The second kappa shape index (κ2) is 4.42. The highest BCUT2D eigenvalue weighted by molar-refractivity contribution is 5.80. The van der Waals surface area contributed by atoms with Gasteiger partial charge in [-0.05, 0) is 19.8 Å². The van der Waals surface area contributed by atoms with E-state index in [1.165, 1.54) is 6.42 Å². The van der Waals surface area contributed by atoms with E-state index in [1.807, 2.05) is 0 Å². The van der Waals surface area contributed by atoms with Gasteiger partial charge in [-0.1, -0.05) is 6.42 Å². The lowest BCUT2D eigenvalue weighted by Crippen LogP contribution is -2.49. The van der Waals surface area contributed by atoms with Crippen LogP contribution in [0.3, 0.4) is 0 Å². The number of nitrogens with one attached hydrogen (secondary N) is 1. The Morgan fingerprint density at radius 2 is 2.25 bits per heavy atom. The minimum Gasteiger partial charge on any atom is -0.320 e. The minimum absolute atomic E-state index is 0.00287. The number of nitrogens with zero attached hydrogens (tertiary/aromatic N) is 1. The summed E-state index contributed by atoms with van der Waals surface area (Å²) in [5.74, 6) is -0.00287. The summed E-state index contributed by atoms with van der Waals surface area (Å²) in [6.07, 6.45) is 3.41. The molecule has 1 amide bonds. The molecule has 70 valence electrons. The van der Waals surface area contributed by atoms with E-state index in [0.29, 0.717) is 0 Å². The van der Waals surface area contributed by atoms with Gasteiger partial charge in [0.05, 0.1) is 6.04 Å². The lowest BCUT2D eigenvalue weighted by molar-refractivity contribution is -0.135. The van der Waals surface area contributed by atoms with E-state index in [-0.39, 0.29) is 5.91 Å². The predicted octanol–water partition coefficient (Wildman–Crippen LogP) is -0.149. The van der Waals surface area contributed by atoms with Gasteiger partial charge < -0.3 is 5.73 Å². The Hall–Kier alpha value is -0.610. The Morgan fingerprint density at radius 3 is 2.92 bits per heavy atom. The van der Waals surface area contributed by atoms with Crippen molar-refractivity contribution in [2.45, 2.75) is 32.2 Å². The standard InChI is InChI=1S/C8H17N3O/c1-7(9)8(12)11-6-4-2-3-5-10-11/h7,10H,2-6,9H2,1H3. The van der Waals surface area contributed by atoms with Crippen LogP contribution in [0.15, 0.2) is 0 Å². The summed E-state index contributed by atoms with van der Waals surface area (Å²) in [6, 6.07) is -0.393. The third kappa shape index (κ3) is 2.46. The van der Waals surface area contributed by atoms with Crippen molar-refractivity contribution in [2.24, 2.45) is 5.73 Å². The Bertz CT molecular complexity index is 150. The fraction of sp³-hybridized carbons (Fsp3) is 0.875. The van der Waals surface area contributed by atoms with Gasteiger partial charge in [-0.25, -0.2) is 5.43 Å². The molecule has 0 aromatic rings. The average molecular weight is 171 g/mol. The summed E-state index contributed by atoms with van der Waals surface area (Å²) in [7, 11) is 0. The maximum atomic E-state index is 11.4. The zero-order valence-corrected chi connectivity index (χ0v) is 7.55. The van der Waals surface area contributed by atoms with Gasteiger partial charge in [0.15, 0.2) is 0 Å². The van der Waals surface area contributed by atoms with Gasteiger partial charge in [0.25, 0.3) is 5.91 Å². The highest BCUT2D eigenvalue weighted by atomic mass is 16.2. The molecule has 0 bridgehead atoms. The SMILES string of the molecule is CC(N)C(=O)N1CCCCCN1. The van der Waals surface area contributed by atoms with Crippen LogP contribution < -0.4 is 11.2 Å². The van der Waals surface area contributed by atoms with Crippen LogP contribution in [0.4, 0.5) is 0 Å². The van der Waals surface area contributed by atoms with E-state index in [4.69, 9.17) is 5.73 Å². The van der Waals surface area contributed by atoms with Crippen molar-refractivity contribution in [2.75, 3.05) is 13.1 Å². The number of rotatable bonds is 1. The third-order valence-corrected chi connectivity index (χ3v) is 2.02. The van der Waals surface area contributed by atoms with Gasteiger partial charge in [0.1, 0.15) is 0 Å². The first-order valence-corrected chi connectivity index (χ1v) is 4.52. The molecule has 0 aromatic carbocycles. The molecule has 1 saturated heterocycles. The van der Waals surface area contributed by atoms with Crippen LogP contribution in [0.1, 0.15) is 26.2 Å². The van der Waals surface area contributed by atoms with Crippen molar-refractivity contribution < 1.29 is 4.79 Å². The zero-order chi connectivity index (χ0) is 8.97. The molecule has 0 saturated carbocycles. The molecule has 1 rings (SSSR count). The first-order valence-electron chi connectivity index (χ1n) is 4.52. The van der Waals surface area contributed by atoms with Crippen LogP contribution in [0, 0.1) is 0 Å². The van der Waals surface area contributed by atoms with Crippen molar-refractivity contribution in [3.8, 4) is 0 Å². The van der Waals surface area contributed by atoms with E-state index in [0.717, 1.165) is 25.9 Å². The highest BCUT2D eigenvalue weighted by Gasteiger charge is 2.17. The van der Waals surface area contributed by atoms with Crippen molar-refractivity contribution in [1.29, 1.82) is 0 Å². The molecule has 1 aliphatic rings. The molecule has 1 aliphatic heterocycles. The summed E-state index contributed by atoms with van der Waals surface area (Å²) in [6.45, 7) is 3.40. The molecule has 12 heavy (non-hydrogen) atoms. The molecule has 0 aromatic heterocycles. The minimum atomic E-state index is -0.393. The quantitative estimate of drug-likeness (QED) is 0.577. The normalized spacial score (nSPS) is 21.7. The smallest absolute Gasteiger partial charge is 0.253 e. The predicted molar refractivity (Wildman–Crippen MR) is 47.2 cm³/mol. The van der Waals surface area contributed by atoms with Gasteiger partial charge in [-0.3, -0.25) is 9.80 Å². The molecule has 3 N–H and O–H groups in total. The number of carbonyl (C=O) groups is 1. The fourth-order valence-electron chi connectivity index (χ4n) is 1.30. The third-order valence-electron chi connectivity index (χ3n) is 2.02. The maximum absolute atomic E-state index is 11.4. The fourth-order valence-corrected chi connectivity index (χ4v) is 1.30. The van der Waals surface area contributed by atoms with Crippen molar-refractivity contribution in [3.05, 3.63) is 0 Å². The first-order chi connectivity index (χ1) is 5.72. The van der Waals surface area contributed by atoms with E-state index < -0.39 is 6.04 Å². The number of hydrazine groups is 1. The monoisotopic (exact) mass is 171 g/mol.